The third-order valence-electron chi connectivity index (χ3n) is 10.1. The maximum Gasteiger partial charge on any atom is 2.00 e. The number of aliphatic hydroxyl groups excluding tert-OH is 2. The fourth-order valence-electron chi connectivity index (χ4n) is 6.95. The third-order valence-corrected chi connectivity index (χ3v) is 11.3. The number of aliphatic hydroxyl groups is 2. The summed E-state index contributed by atoms with van der Waals surface area (Å²) in [6.45, 7) is 20.2. The largest absolute Gasteiger partial charge is 2.00 e. The topological polar surface area (TPSA) is 124 Å². The SMILES string of the molecule is CCC.CCC1=C(C)c2cc3[n-]c(cc4nc(c(C)c5cc(C)c(cc1n2)[n-]5)CC4C)c(C)c3CC.CN(C=O)CCCSC1CC(O)CC(CO)O1.[Zn+2]. The van der Waals surface area contributed by atoms with Crippen molar-refractivity contribution in [1.29, 1.82) is 0 Å². The van der Waals surface area contributed by atoms with E-state index in [0.29, 0.717) is 18.8 Å². The van der Waals surface area contributed by atoms with Gasteiger partial charge in [0.1, 0.15) is 5.44 Å². The van der Waals surface area contributed by atoms with Gasteiger partial charge in [-0.3, -0.25) is 9.78 Å². The van der Waals surface area contributed by atoms with Crippen LogP contribution in [0.15, 0.2) is 24.3 Å². The van der Waals surface area contributed by atoms with Crippen LogP contribution in [0.3, 0.4) is 0 Å². The second-order valence-electron chi connectivity index (χ2n) is 14.5. The number of amides is 1. The van der Waals surface area contributed by atoms with Crippen LogP contribution >= 0.6 is 11.8 Å². The van der Waals surface area contributed by atoms with Crippen LogP contribution in [-0.2, 0) is 41.9 Å². The number of carbonyl (C=O) groups is 1. The molecule has 4 unspecified atom stereocenters. The first-order valence-corrected chi connectivity index (χ1v) is 20.4. The molecule has 0 aromatic carbocycles. The van der Waals surface area contributed by atoms with Crippen molar-refractivity contribution in [3.8, 4) is 0 Å². The molecule has 0 saturated carbocycles. The molecule has 1 amide bonds. The second kappa shape index (κ2) is 21.5. The number of hydrogen-bond donors (Lipinski definition) is 2. The Kier molecular flexibility index (Phi) is 18.1. The molecule has 11 heteroatoms. The van der Waals surface area contributed by atoms with Crippen molar-refractivity contribution in [2.75, 3.05) is 26.0 Å². The molecular weight excluding hydrogens is 748 g/mol. The van der Waals surface area contributed by atoms with Gasteiger partial charge in [0.25, 0.3) is 0 Å². The van der Waals surface area contributed by atoms with Gasteiger partial charge in [-0.1, -0.05) is 82.0 Å². The molecule has 54 heavy (non-hydrogen) atoms. The molecule has 3 aliphatic rings. The van der Waals surface area contributed by atoms with Crippen molar-refractivity contribution < 1.29 is 39.2 Å². The molecule has 8 bridgehead atoms. The Morgan fingerprint density at radius 3 is 2.24 bits per heavy atom. The molecular formula is C43H61N5O4SZn. The predicted molar refractivity (Wildman–Crippen MR) is 220 cm³/mol. The van der Waals surface area contributed by atoms with Gasteiger partial charge in [-0.2, -0.15) is 0 Å². The molecule has 0 radical (unpaired) electrons. The summed E-state index contributed by atoms with van der Waals surface area (Å²) in [4.78, 5) is 32.1. The minimum atomic E-state index is -0.379. The molecule has 1 saturated heterocycles. The molecule has 290 valence electrons. The van der Waals surface area contributed by atoms with Crippen LogP contribution in [0.25, 0.3) is 33.2 Å². The Morgan fingerprint density at radius 2 is 1.59 bits per heavy atom. The summed E-state index contributed by atoms with van der Waals surface area (Å²) in [5, 5.41) is 18.6. The van der Waals surface area contributed by atoms with E-state index in [1.807, 2.05) is 0 Å². The van der Waals surface area contributed by atoms with Gasteiger partial charge in [-0.15, -0.1) is 33.8 Å². The summed E-state index contributed by atoms with van der Waals surface area (Å²) in [6, 6.07) is 8.71. The Labute approximate surface area is 340 Å². The van der Waals surface area contributed by atoms with Crippen LogP contribution < -0.4 is 9.97 Å². The first kappa shape index (κ1) is 45.6. The second-order valence-corrected chi connectivity index (χ2v) is 15.8. The first-order chi connectivity index (χ1) is 25.4. The quantitative estimate of drug-likeness (QED) is 0.125. The van der Waals surface area contributed by atoms with Crippen LogP contribution in [0, 0.1) is 20.8 Å². The minimum absolute atomic E-state index is 0. The van der Waals surface area contributed by atoms with Crippen LogP contribution in [0.2, 0.25) is 0 Å². The third kappa shape index (κ3) is 11.4. The minimum Gasteiger partial charge on any atom is -0.657 e. The number of carbonyl (C=O) groups excluding carboxylic acids is 1. The summed E-state index contributed by atoms with van der Waals surface area (Å²) < 4.78 is 5.61. The van der Waals surface area contributed by atoms with E-state index in [1.54, 1.807) is 23.7 Å². The van der Waals surface area contributed by atoms with Gasteiger partial charge in [0.05, 0.1) is 30.2 Å². The summed E-state index contributed by atoms with van der Waals surface area (Å²) in [7, 11) is 1.75. The summed E-state index contributed by atoms with van der Waals surface area (Å²) >= 11 is 1.64. The van der Waals surface area contributed by atoms with Crippen LogP contribution in [0.1, 0.15) is 125 Å². The molecule has 2 N–H and O–H groups in total. The van der Waals surface area contributed by atoms with Crippen molar-refractivity contribution in [1.82, 2.24) is 24.8 Å². The van der Waals surface area contributed by atoms with E-state index in [2.05, 4.69) is 86.6 Å². The van der Waals surface area contributed by atoms with E-state index >= 15 is 0 Å². The predicted octanol–water partition coefficient (Wildman–Crippen LogP) is 8.22. The number of ether oxygens (including phenoxy) is 1. The van der Waals surface area contributed by atoms with Crippen LogP contribution in [0.4, 0.5) is 0 Å². The number of rotatable bonds is 9. The van der Waals surface area contributed by atoms with Gasteiger partial charge >= 0.3 is 19.5 Å². The Balaban J connectivity index is 0.000000316. The number of hydrogen-bond acceptors (Lipinski definition) is 7. The molecule has 0 spiro atoms. The molecule has 1 fully saturated rings. The fourth-order valence-corrected chi connectivity index (χ4v) is 8.11. The number of aromatic nitrogens is 4. The van der Waals surface area contributed by atoms with Crippen molar-refractivity contribution in [2.45, 2.75) is 131 Å². The van der Waals surface area contributed by atoms with E-state index in [0.717, 1.165) is 89.2 Å². The number of fused-ring (bicyclic) bond motifs is 8. The maximum absolute atomic E-state index is 10.4. The van der Waals surface area contributed by atoms with Gasteiger partial charge in [0, 0.05) is 43.7 Å². The van der Waals surface area contributed by atoms with Crippen LogP contribution in [-0.4, -0.2) is 75.1 Å². The molecule has 4 atom stereocenters. The molecule has 6 rings (SSSR count). The fraction of sp³-hybridized carbons (Fsp3) is 0.558. The average molecular weight is 809 g/mol. The van der Waals surface area contributed by atoms with Gasteiger partial charge in [-0.05, 0) is 75.8 Å². The van der Waals surface area contributed by atoms with Gasteiger partial charge in [-0.25, -0.2) is 4.98 Å². The summed E-state index contributed by atoms with van der Waals surface area (Å²) in [6.07, 6.45) is 6.30. The summed E-state index contributed by atoms with van der Waals surface area (Å²) in [5.41, 5.74) is 15.7. The number of aryl methyl sites for hydroxylation is 4. The number of thioether (sulfide) groups is 1. The monoisotopic (exact) mass is 807 g/mol. The van der Waals surface area contributed by atoms with Crippen molar-refractivity contribution >= 4 is 51.4 Å². The van der Waals surface area contributed by atoms with Crippen molar-refractivity contribution in [3.63, 3.8) is 0 Å². The maximum atomic E-state index is 10.4. The van der Waals surface area contributed by atoms with E-state index < -0.39 is 0 Å². The van der Waals surface area contributed by atoms with E-state index in [1.165, 1.54) is 39.8 Å². The first-order valence-electron chi connectivity index (χ1n) is 19.4. The smallest absolute Gasteiger partial charge is 0.657 e. The Hall–Kier alpha value is -2.82. The van der Waals surface area contributed by atoms with Gasteiger partial charge in [0.2, 0.25) is 6.41 Å². The van der Waals surface area contributed by atoms with Crippen molar-refractivity contribution in [2.24, 2.45) is 0 Å². The van der Waals surface area contributed by atoms with E-state index in [4.69, 9.17) is 29.8 Å². The number of nitrogens with zero attached hydrogens (tertiary/aromatic N) is 5. The van der Waals surface area contributed by atoms with E-state index in [9.17, 15) is 9.90 Å². The Bertz CT molecular complexity index is 1900. The zero-order valence-corrected chi connectivity index (χ0v) is 38.1. The van der Waals surface area contributed by atoms with Gasteiger partial charge < -0.3 is 29.8 Å². The zero-order valence-electron chi connectivity index (χ0n) is 34.3. The zero-order chi connectivity index (χ0) is 38.8. The number of allylic oxidation sites excluding steroid dienone is 2. The van der Waals surface area contributed by atoms with Gasteiger partial charge in [0.15, 0.2) is 0 Å². The normalized spacial score (nSPS) is 19.3. The van der Waals surface area contributed by atoms with Crippen molar-refractivity contribution in [3.05, 3.63) is 69.3 Å². The molecule has 3 aromatic rings. The molecule has 3 aromatic heterocycles. The Morgan fingerprint density at radius 1 is 0.926 bits per heavy atom. The standard InChI is InChI=1S/C29H32N4.C11H21NO4S.C3H8.Zn/c1-8-20-18(6)27-14-29-21(9-2)17(5)26(32-29)12-22-15(3)10-24(30-22)19(7)25-11-16(4)23(31-25)13-28(20)33-27;1-12(8-14)3-2-4-17-11-6-9(15)5-10(7-13)16-11;1-3-2;/h11-15H,8-10H2,1-7H3;8-11,13,15H,2-7H2,1H3;3H2,1-2H3;/q-2;;;+2. The van der Waals surface area contributed by atoms with Crippen LogP contribution in [0.5, 0.6) is 0 Å². The average Bonchev–Trinajstić information content (AvgIpc) is 3.86. The molecule has 3 aliphatic heterocycles. The molecule has 0 aliphatic carbocycles. The molecule has 9 nitrogen and oxygen atoms in total. The molecule has 6 heterocycles. The van der Waals surface area contributed by atoms with E-state index in [-0.39, 0.29) is 43.7 Å². The summed E-state index contributed by atoms with van der Waals surface area (Å²) in [5.74, 6) is 1.25.